The molecule has 0 saturated carbocycles. The van der Waals surface area contributed by atoms with Gasteiger partial charge in [-0.2, -0.15) is 5.26 Å². The van der Waals surface area contributed by atoms with Crippen LogP contribution >= 0.6 is 0 Å². The Labute approximate surface area is 191 Å². The molecule has 3 aromatic rings. The molecule has 1 heterocycles. The van der Waals surface area contributed by atoms with E-state index in [4.69, 9.17) is 4.79 Å². The number of aromatic nitrogens is 1. The second kappa shape index (κ2) is 15.0. The third-order valence-corrected chi connectivity index (χ3v) is 4.19. The average molecular weight is 436 g/mol. The number of carbonyl (C=O) groups excluding carboxylic acids is 1. The van der Waals surface area contributed by atoms with Gasteiger partial charge in [-0.3, -0.25) is 0 Å². The maximum absolute atomic E-state index is 11.6. The van der Waals surface area contributed by atoms with E-state index in [-0.39, 0.29) is 5.69 Å². The van der Waals surface area contributed by atoms with Crippen molar-refractivity contribution in [2.45, 2.75) is 34.6 Å². The summed E-state index contributed by atoms with van der Waals surface area (Å²) < 4.78 is 1.47. The van der Waals surface area contributed by atoms with Crippen molar-refractivity contribution in [1.29, 1.82) is 5.26 Å². The van der Waals surface area contributed by atoms with Gasteiger partial charge in [0.15, 0.2) is 0 Å². The molecule has 2 N–H and O–H groups in total. The molecule has 0 aliphatic heterocycles. The van der Waals surface area contributed by atoms with Gasteiger partial charge in [-0.05, 0) is 24.1 Å². The van der Waals surface area contributed by atoms with Crippen molar-refractivity contribution in [3.8, 4) is 28.3 Å². The van der Waals surface area contributed by atoms with Gasteiger partial charge in [0.2, 0.25) is 0 Å². The van der Waals surface area contributed by atoms with E-state index in [1.165, 1.54) is 11.5 Å². The second-order valence-electron chi connectivity index (χ2n) is 5.90. The molecule has 0 amide bonds. The fourth-order valence-electron chi connectivity index (χ4n) is 3.03. The predicted octanol–water partition coefficient (Wildman–Crippen LogP) is 6.23. The van der Waals surface area contributed by atoms with Crippen molar-refractivity contribution in [3.05, 3.63) is 66.0 Å². The molecular weight excluding hydrogens is 402 g/mol. The molecule has 0 spiro atoms. The van der Waals surface area contributed by atoms with Gasteiger partial charge in [0, 0.05) is 37.1 Å². The Bertz CT molecular complexity index is 1030. The molecule has 0 bridgehead atoms. The van der Waals surface area contributed by atoms with Crippen LogP contribution in [0.4, 0.5) is 5.69 Å². The molecule has 32 heavy (non-hydrogen) atoms. The van der Waals surface area contributed by atoms with E-state index in [2.05, 4.69) is 11.4 Å². The number of nitriles is 1. The average Bonchev–Trinajstić information content (AvgIpc) is 3.18. The lowest BCUT2D eigenvalue weighted by molar-refractivity contribution is -0.106. The summed E-state index contributed by atoms with van der Waals surface area (Å²) >= 11 is 0. The Morgan fingerprint density at radius 2 is 1.53 bits per heavy atom. The zero-order valence-corrected chi connectivity index (χ0v) is 19.9. The summed E-state index contributed by atoms with van der Waals surface area (Å²) in [6.45, 7) is 9.44. The first-order valence-electron chi connectivity index (χ1n) is 10.6. The number of aryl methyl sites for hydroxylation is 1. The summed E-state index contributed by atoms with van der Waals surface area (Å²) in [5.74, 6) is -1.05. The summed E-state index contributed by atoms with van der Waals surface area (Å²) in [6.07, 6.45) is 2.29. The number of nitrogens with one attached hydrogen (secondary N) is 1. The molecular formula is C26H33N3O3. The fraction of sp³-hybridized carbons (Fsp3) is 0.269. The molecule has 0 aliphatic rings. The third kappa shape index (κ3) is 6.85. The minimum atomic E-state index is -1.05. The van der Waals surface area contributed by atoms with Gasteiger partial charge in [0.1, 0.15) is 18.0 Å². The number of rotatable bonds is 4. The largest absolute Gasteiger partial charge is 0.477 e. The highest BCUT2D eigenvalue weighted by Gasteiger charge is 2.21. The van der Waals surface area contributed by atoms with Crippen molar-refractivity contribution in [2.24, 2.45) is 7.05 Å². The molecule has 1 aromatic heterocycles. The van der Waals surface area contributed by atoms with Crippen LogP contribution in [0.25, 0.3) is 22.3 Å². The SMILES string of the molecule is CC.CC.CC=O.CNc1ccccc1-c1ccc(-c2c(C#N)cn(C)c2C(=O)O)cc1. The van der Waals surface area contributed by atoms with Crippen LogP contribution in [0.3, 0.4) is 0 Å². The highest BCUT2D eigenvalue weighted by molar-refractivity contribution is 5.97. The second-order valence-corrected chi connectivity index (χ2v) is 5.90. The quantitative estimate of drug-likeness (QED) is 0.474. The number of hydrogen-bond donors (Lipinski definition) is 2. The first kappa shape index (κ1) is 28.1. The van der Waals surface area contributed by atoms with Gasteiger partial charge >= 0.3 is 5.97 Å². The maximum atomic E-state index is 11.6. The summed E-state index contributed by atoms with van der Waals surface area (Å²) in [5.41, 5.74) is 4.71. The van der Waals surface area contributed by atoms with E-state index in [1.807, 2.05) is 83.3 Å². The number of carbonyl (C=O) groups is 2. The Hall–Kier alpha value is -3.85. The first-order chi connectivity index (χ1) is 15.5. The van der Waals surface area contributed by atoms with Crippen LogP contribution in [0.5, 0.6) is 0 Å². The molecule has 0 saturated heterocycles. The maximum Gasteiger partial charge on any atom is 0.353 e. The molecule has 170 valence electrons. The Kier molecular flexibility index (Phi) is 13.2. The van der Waals surface area contributed by atoms with Crippen molar-refractivity contribution in [2.75, 3.05) is 12.4 Å². The minimum Gasteiger partial charge on any atom is -0.477 e. The van der Waals surface area contributed by atoms with E-state index in [0.717, 1.165) is 23.1 Å². The number of benzene rings is 2. The van der Waals surface area contributed by atoms with Gasteiger partial charge in [-0.1, -0.05) is 70.2 Å². The van der Waals surface area contributed by atoms with Crippen LogP contribution in [-0.4, -0.2) is 29.0 Å². The molecule has 2 aromatic carbocycles. The van der Waals surface area contributed by atoms with Gasteiger partial charge in [0.05, 0.1) is 5.56 Å². The van der Waals surface area contributed by atoms with Crippen LogP contribution < -0.4 is 5.32 Å². The zero-order chi connectivity index (χ0) is 24.7. The summed E-state index contributed by atoms with van der Waals surface area (Å²) in [4.78, 5) is 20.4. The number of carboxylic acids is 1. The fourth-order valence-corrected chi connectivity index (χ4v) is 3.03. The number of para-hydroxylation sites is 1. The summed E-state index contributed by atoms with van der Waals surface area (Å²) in [7, 11) is 3.50. The Morgan fingerprint density at radius 1 is 1.03 bits per heavy atom. The Balaban J connectivity index is 0.00000124. The van der Waals surface area contributed by atoms with E-state index in [9.17, 15) is 15.2 Å². The van der Waals surface area contributed by atoms with Crippen molar-refractivity contribution in [3.63, 3.8) is 0 Å². The molecule has 0 aliphatic carbocycles. The lowest BCUT2D eigenvalue weighted by Crippen LogP contribution is -2.05. The van der Waals surface area contributed by atoms with Crippen LogP contribution in [0, 0.1) is 11.3 Å². The molecule has 6 nitrogen and oxygen atoms in total. The number of nitrogens with zero attached hydrogens (tertiary/aromatic N) is 2. The van der Waals surface area contributed by atoms with Crippen molar-refractivity contribution >= 4 is 17.9 Å². The van der Waals surface area contributed by atoms with Crippen molar-refractivity contribution < 1.29 is 14.7 Å². The summed E-state index contributed by atoms with van der Waals surface area (Å²) in [5, 5.41) is 22.0. The molecule has 0 fully saturated rings. The van der Waals surface area contributed by atoms with Gasteiger partial charge in [-0.15, -0.1) is 0 Å². The smallest absolute Gasteiger partial charge is 0.353 e. The first-order valence-corrected chi connectivity index (χ1v) is 10.6. The highest BCUT2D eigenvalue weighted by Crippen LogP contribution is 2.33. The molecule has 0 unspecified atom stereocenters. The molecule has 0 atom stereocenters. The summed E-state index contributed by atoms with van der Waals surface area (Å²) in [6, 6.07) is 17.6. The van der Waals surface area contributed by atoms with Crippen LogP contribution in [-0.2, 0) is 11.8 Å². The van der Waals surface area contributed by atoms with Gasteiger partial charge in [-0.25, -0.2) is 4.79 Å². The lowest BCUT2D eigenvalue weighted by atomic mass is 9.97. The standard InChI is InChI=1S/C20H17N3O2.C2H4O.2C2H6/c1-22-17-6-4-3-5-16(17)13-7-9-14(10-8-13)18-15(11-21)12-23(2)19(18)20(24)25;1-2-3;2*1-2/h3-10,12,22H,1-2H3,(H,24,25);2H,1H3;2*1-2H3. The molecule has 3 rings (SSSR count). The molecule has 6 heteroatoms. The predicted molar refractivity (Wildman–Crippen MR) is 132 cm³/mol. The van der Waals surface area contributed by atoms with E-state index < -0.39 is 5.97 Å². The minimum absolute atomic E-state index is 0.111. The number of aldehydes is 1. The highest BCUT2D eigenvalue weighted by atomic mass is 16.4. The van der Waals surface area contributed by atoms with Crippen LogP contribution in [0.1, 0.15) is 50.7 Å². The van der Waals surface area contributed by atoms with Gasteiger partial charge in [0.25, 0.3) is 0 Å². The van der Waals surface area contributed by atoms with Crippen LogP contribution in [0.15, 0.2) is 54.7 Å². The number of carboxylic acid groups (broad SMARTS) is 1. The number of aromatic carboxylic acids is 1. The number of hydrogen-bond acceptors (Lipinski definition) is 4. The van der Waals surface area contributed by atoms with Crippen LogP contribution in [0.2, 0.25) is 0 Å². The van der Waals surface area contributed by atoms with Gasteiger partial charge < -0.3 is 19.8 Å². The zero-order valence-electron chi connectivity index (χ0n) is 19.9. The van der Waals surface area contributed by atoms with Crippen molar-refractivity contribution in [1.82, 2.24) is 4.57 Å². The molecule has 0 radical (unpaired) electrons. The lowest BCUT2D eigenvalue weighted by Gasteiger charge is -2.10. The van der Waals surface area contributed by atoms with E-state index >= 15 is 0 Å². The number of anilines is 1. The normalized spacial score (nSPS) is 8.81. The van der Waals surface area contributed by atoms with E-state index in [0.29, 0.717) is 16.7 Å². The Morgan fingerprint density at radius 3 is 2.00 bits per heavy atom. The third-order valence-electron chi connectivity index (χ3n) is 4.19. The monoisotopic (exact) mass is 435 g/mol. The van der Waals surface area contributed by atoms with E-state index in [1.54, 1.807) is 13.2 Å². The topological polar surface area (TPSA) is 95.1 Å².